The first kappa shape index (κ1) is 27.0. The zero-order valence-corrected chi connectivity index (χ0v) is 25.7. The first-order valence-corrected chi connectivity index (χ1v) is 14.5. The summed E-state index contributed by atoms with van der Waals surface area (Å²) < 4.78 is 45.3. The van der Waals surface area contributed by atoms with Gasteiger partial charge in [0.2, 0.25) is 0 Å². The van der Waals surface area contributed by atoms with E-state index in [1.54, 1.807) is 57.3 Å². The van der Waals surface area contributed by atoms with Crippen LogP contribution in [0.1, 0.15) is 20.7 Å². The van der Waals surface area contributed by atoms with Gasteiger partial charge in [0.05, 0.1) is 11.1 Å². The minimum Gasteiger partial charge on any atom is -0.423 e. The van der Waals surface area contributed by atoms with Crippen LogP contribution in [0.15, 0.2) is 66.8 Å². The molecule has 0 amide bonds. The molecule has 0 saturated carbocycles. The summed E-state index contributed by atoms with van der Waals surface area (Å²) in [5.41, 5.74) is 0.382. The van der Waals surface area contributed by atoms with E-state index in [0.717, 1.165) is 4.47 Å². The first-order valence-electron chi connectivity index (χ1n) is 8.52. The van der Waals surface area contributed by atoms with Gasteiger partial charge in [0, 0.05) is 20.6 Å². The minimum atomic E-state index is -4.42. The number of halogens is 5. The van der Waals surface area contributed by atoms with Crippen molar-refractivity contribution in [2.45, 2.75) is 4.90 Å². The van der Waals surface area contributed by atoms with Crippen LogP contribution in [0.3, 0.4) is 0 Å². The van der Waals surface area contributed by atoms with Crippen molar-refractivity contribution in [2.24, 2.45) is 0 Å². The fourth-order valence-corrected chi connectivity index (χ4v) is 9.16. The van der Waals surface area contributed by atoms with Crippen molar-refractivity contribution in [3.8, 4) is 11.5 Å². The SMILES string of the molecule is O=C(Oc1cc(I)c(S(=O)(=O)O)c(I)c1)c1cccc(OC(=O)c2c(Br)cc(Br)cc2Br)c1. The zero-order chi connectivity index (χ0) is 24.5. The highest BCUT2D eigenvalue weighted by atomic mass is 127. The molecule has 0 unspecified atom stereocenters. The predicted octanol–water partition coefficient (Wildman–Crippen LogP) is 6.87. The maximum atomic E-state index is 12.6. The molecule has 7 nitrogen and oxygen atoms in total. The molecular formula is C20H9Br3I2O7S. The molecule has 0 aliphatic rings. The van der Waals surface area contributed by atoms with Crippen LogP contribution < -0.4 is 9.47 Å². The number of hydrogen-bond acceptors (Lipinski definition) is 6. The van der Waals surface area contributed by atoms with Crippen molar-refractivity contribution in [3.05, 3.63) is 80.2 Å². The van der Waals surface area contributed by atoms with E-state index in [2.05, 4.69) is 47.8 Å². The molecule has 0 spiro atoms. The Morgan fingerprint density at radius 2 is 1.36 bits per heavy atom. The lowest BCUT2D eigenvalue weighted by atomic mass is 10.2. The molecule has 0 radical (unpaired) electrons. The summed E-state index contributed by atoms with van der Waals surface area (Å²) in [6.45, 7) is 0. The average molecular weight is 887 g/mol. The van der Waals surface area contributed by atoms with Gasteiger partial charge in [-0.05, 0) is 120 Å². The van der Waals surface area contributed by atoms with Crippen molar-refractivity contribution in [1.29, 1.82) is 0 Å². The van der Waals surface area contributed by atoms with Crippen LogP contribution in [0.5, 0.6) is 11.5 Å². The van der Waals surface area contributed by atoms with Crippen molar-refractivity contribution in [2.75, 3.05) is 0 Å². The summed E-state index contributed by atoms with van der Waals surface area (Å²) in [4.78, 5) is 25.0. The molecule has 0 bridgehead atoms. The molecule has 3 aromatic carbocycles. The van der Waals surface area contributed by atoms with Gasteiger partial charge >= 0.3 is 11.9 Å². The third kappa shape index (κ3) is 6.76. The first-order chi connectivity index (χ1) is 15.4. The Bertz CT molecular complexity index is 1350. The monoisotopic (exact) mass is 884 g/mol. The molecule has 0 atom stereocenters. The second kappa shape index (κ2) is 11.0. The second-order valence-electron chi connectivity index (χ2n) is 6.24. The molecule has 0 aromatic heterocycles. The fourth-order valence-electron chi connectivity index (χ4n) is 2.59. The summed E-state index contributed by atoms with van der Waals surface area (Å²) >= 11 is 13.4. The summed E-state index contributed by atoms with van der Waals surface area (Å²) in [5.74, 6) is -1.17. The van der Waals surface area contributed by atoms with Gasteiger partial charge in [0.1, 0.15) is 16.4 Å². The van der Waals surface area contributed by atoms with Gasteiger partial charge in [-0.2, -0.15) is 8.42 Å². The van der Waals surface area contributed by atoms with E-state index in [9.17, 15) is 22.6 Å². The van der Waals surface area contributed by atoms with Crippen molar-refractivity contribution >= 4 is 115 Å². The van der Waals surface area contributed by atoms with Crippen LogP contribution in [0.2, 0.25) is 0 Å². The smallest absolute Gasteiger partial charge is 0.345 e. The van der Waals surface area contributed by atoms with Gasteiger partial charge in [0.25, 0.3) is 10.1 Å². The van der Waals surface area contributed by atoms with Crippen LogP contribution in [0, 0.1) is 7.14 Å². The van der Waals surface area contributed by atoms with Crippen molar-refractivity contribution in [3.63, 3.8) is 0 Å². The Kier molecular flexibility index (Phi) is 8.99. The third-order valence-corrected chi connectivity index (χ3v) is 9.03. The highest BCUT2D eigenvalue weighted by Crippen LogP contribution is 2.32. The van der Waals surface area contributed by atoms with Crippen LogP contribution in [0.25, 0.3) is 0 Å². The van der Waals surface area contributed by atoms with Crippen molar-refractivity contribution in [1.82, 2.24) is 0 Å². The Hall–Kier alpha value is -0.590. The largest absolute Gasteiger partial charge is 0.423 e. The van der Waals surface area contributed by atoms with E-state index in [-0.39, 0.29) is 34.7 Å². The molecule has 13 heteroatoms. The molecular weight excluding hydrogens is 878 g/mol. The van der Waals surface area contributed by atoms with Crippen LogP contribution in [0.4, 0.5) is 0 Å². The lowest BCUT2D eigenvalue weighted by Crippen LogP contribution is -2.12. The minimum absolute atomic E-state index is 0.0892. The molecule has 0 aliphatic carbocycles. The number of carbonyl (C=O) groups is 2. The average Bonchev–Trinajstić information content (AvgIpc) is 2.65. The predicted molar refractivity (Wildman–Crippen MR) is 148 cm³/mol. The number of ether oxygens (including phenoxy) is 2. The zero-order valence-electron chi connectivity index (χ0n) is 15.8. The normalized spacial score (nSPS) is 11.2. The fraction of sp³-hybridized carbons (Fsp3) is 0. The van der Waals surface area contributed by atoms with Gasteiger partial charge < -0.3 is 9.47 Å². The molecule has 33 heavy (non-hydrogen) atoms. The summed E-state index contributed by atoms with van der Waals surface area (Å²) in [7, 11) is -4.42. The molecule has 172 valence electrons. The number of carbonyl (C=O) groups excluding carboxylic acids is 2. The van der Waals surface area contributed by atoms with Crippen molar-refractivity contribution < 1.29 is 32.0 Å². The summed E-state index contributed by atoms with van der Waals surface area (Å²) in [6.07, 6.45) is 0. The van der Waals surface area contributed by atoms with Gasteiger partial charge in [-0.1, -0.05) is 22.0 Å². The van der Waals surface area contributed by atoms with E-state index < -0.39 is 22.1 Å². The lowest BCUT2D eigenvalue weighted by molar-refractivity contribution is 0.0713. The number of benzene rings is 3. The Morgan fingerprint density at radius 3 is 1.91 bits per heavy atom. The second-order valence-corrected chi connectivity index (χ2v) is 12.5. The molecule has 0 heterocycles. The van der Waals surface area contributed by atoms with Gasteiger partial charge in [-0.15, -0.1) is 0 Å². The number of esters is 2. The topological polar surface area (TPSA) is 107 Å². The highest BCUT2D eigenvalue weighted by Gasteiger charge is 2.22. The Labute approximate surface area is 241 Å². The molecule has 0 saturated heterocycles. The van der Waals surface area contributed by atoms with Crippen LogP contribution >= 0.6 is 93.0 Å². The number of rotatable bonds is 5. The molecule has 0 aliphatic heterocycles. The van der Waals surface area contributed by atoms with Gasteiger partial charge in [-0.25, -0.2) is 9.59 Å². The van der Waals surface area contributed by atoms with Gasteiger partial charge in [-0.3, -0.25) is 4.55 Å². The maximum Gasteiger partial charge on any atom is 0.345 e. The highest BCUT2D eigenvalue weighted by molar-refractivity contribution is 14.1. The van der Waals surface area contributed by atoms with E-state index in [4.69, 9.17) is 9.47 Å². The van der Waals surface area contributed by atoms with E-state index in [1.807, 2.05) is 0 Å². The summed E-state index contributed by atoms with van der Waals surface area (Å²) in [6, 6.07) is 11.9. The Balaban J connectivity index is 1.81. The quantitative estimate of drug-likeness (QED) is 0.129. The third-order valence-electron chi connectivity index (χ3n) is 3.93. The van der Waals surface area contributed by atoms with E-state index >= 15 is 0 Å². The van der Waals surface area contributed by atoms with E-state index in [1.165, 1.54) is 36.4 Å². The molecule has 3 rings (SSSR count). The molecule has 3 aromatic rings. The maximum absolute atomic E-state index is 12.6. The summed E-state index contributed by atoms with van der Waals surface area (Å²) in [5, 5.41) is 0. The number of hydrogen-bond donors (Lipinski definition) is 1. The van der Waals surface area contributed by atoms with Gasteiger partial charge in [0.15, 0.2) is 0 Å². The van der Waals surface area contributed by atoms with Crippen LogP contribution in [-0.4, -0.2) is 24.9 Å². The molecule has 0 fully saturated rings. The standard InChI is InChI=1S/C20H9Br3I2O7S/c21-10-5-13(22)17(14(23)6-10)20(27)31-11-3-1-2-9(4-11)19(26)32-12-7-15(24)18(16(25)8-12)33(28,29)30/h1-8H,(H,28,29,30). The van der Waals surface area contributed by atoms with Crippen LogP contribution in [-0.2, 0) is 10.1 Å². The van der Waals surface area contributed by atoms with E-state index in [0.29, 0.717) is 8.95 Å². The Morgan fingerprint density at radius 1 is 0.818 bits per heavy atom. The molecule has 1 N–H and O–H groups in total. The lowest BCUT2D eigenvalue weighted by Gasteiger charge is -2.11.